The van der Waals surface area contributed by atoms with E-state index in [1.807, 2.05) is 13.8 Å². The summed E-state index contributed by atoms with van der Waals surface area (Å²) in [5.41, 5.74) is -1.40. The number of carbonyl (C=O) groups is 3. The Hall–Kier alpha value is -1.39. The molecule has 1 aliphatic heterocycles. The van der Waals surface area contributed by atoms with Crippen molar-refractivity contribution in [2.75, 3.05) is 0 Å². The van der Waals surface area contributed by atoms with Gasteiger partial charge in [-0.05, 0) is 19.3 Å². The van der Waals surface area contributed by atoms with Crippen molar-refractivity contribution in [1.82, 2.24) is 4.90 Å². The Labute approximate surface area is 101 Å². The fourth-order valence-electron chi connectivity index (χ4n) is 2.34. The summed E-state index contributed by atoms with van der Waals surface area (Å²) >= 11 is 0. The van der Waals surface area contributed by atoms with Gasteiger partial charge in [0, 0.05) is 12.8 Å². The molecular weight excluding hydrogens is 222 g/mol. The number of aliphatic carboxylic acids is 1. The maximum Gasteiger partial charge on any atom is 0.329 e. The first-order chi connectivity index (χ1) is 7.82. The van der Waals surface area contributed by atoms with Crippen LogP contribution in [0.4, 0.5) is 0 Å². The Morgan fingerprint density at radius 2 is 1.88 bits per heavy atom. The second kappa shape index (κ2) is 4.85. The summed E-state index contributed by atoms with van der Waals surface area (Å²) in [7, 11) is 0. The maximum atomic E-state index is 11.9. The summed E-state index contributed by atoms with van der Waals surface area (Å²) in [6.45, 7) is 5.11. The summed E-state index contributed by atoms with van der Waals surface area (Å²) in [4.78, 5) is 36.1. The molecule has 1 saturated heterocycles. The smallest absolute Gasteiger partial charge is 0.329 e. The highest BCUT2D eigenvalue weighted by Gasteiger charge is 2.47. The molecule has 0 spiro atoms. The molecule has 0 aromatic heterocycles. The monoisotopic (exact) mass is 241 g/mol. The van der Waals surface area contributed by atoms with Gasteiger partial charge in [-0.2, -0.15) is 0 Å². The van der Waals surface area contributed by atoms with E-state index in [9.17, 15) is 19.5 Å². The standard InChI is InChI=1S/C12H19NO4/c1-4-5-12(3,11(16)17)13-9(14)6-8(2)7-10(13)15/h8H,4-7H2,1-3H3,(H,16,17). The average molecular weight is 241 g/mol. The lowest BCUT2D eigenvalue weighted by Crippen LogP contribution is -2.59. The van der Waals surface area contributed by atoms with Crippen molar-refractivity contribution in [2.45, 2.75) is 52.0 Å². The summed E-state index contributed by atoms with van der Waals surface area (Å²) < 4.78 is 0. The van der Waals surface area contributed by atoms with Crippen LogP contribution < -0.4 is 0 Å². The third kappa shape index (κ3) is 2.48. The van der Waals surface area contributed by atoms with Gasteiger partial charge in [-0.3, -0.25) is 14.5 Å². The summed E-state index contributed by atoms with van der Waals surface area (Å²) in [6, 6.07) is 0. The minimum absolute atomic E-state index is 0.00548. The lowest BCUT2D eigenvalue weighted by atomic mass is 9.88. The second-order valence-electron chi connectivity index (χ2n) is 4.97. The number of carboxylic acids is 1. The number of hydrogen-bond donors (Lipinski definition) is 1. The molecule has 1 rings (SSSR count). The van der Waals surface area contributed by atoms with Gasteiger partial charge in [0.2, 0.25) is 11.8 Å². The Kier molecular flexibility index (Phi) is 3.91. The number of piperidine rings is 1. The van der Waals surface area contributed by atoms with Crippen LogP contribution in [0.1, 0.15) is 46.5 Å². The van der Waals surface area contributed by atoms with Gasteiger partial charge in [-0.25, -0.2) is 4.79 Å². The lowest BCUT2D eigenvalue weighted by molar-refractivity contribution is -0.169. The third-order valence-electron chi connectivity index (χ3n) is 3.24. The fraction of sp³-hybridized carbons (Fsp3) is 0.750. The molecule has 5 heteroatoms. The molecule has 1 atom stereocenters. The van der Waals surface area contributed by atoms with E-state index in [0.717, 1.165) is 4.90 Å². The van der Waals surface area contributed by atoms with E-state index in [4.69, 9.17) is 0 Å². The van der Waals surface area contributed by atoms with Gasteiger partial charge >= 0.3 is 5.97 Å². The number of amides is 2. The van der Waals surface area contributed by atoms with Crippen LogP contribution in [-0.2, 0) is 14.4 Å². The molecule has 0 aromatic carbocycles. The first kappa shape index (κ1) is 13.7. The summed E-state index contributed by atoms with van der Waals surface area (Å²) in [5.74, 6) is -1.85. The largest absolute Gasteiger partial charge is 0.479 e. The molecule has 0 radical (unpaired) electrons. The zero-order valence-corrected chi connectivity index (χ0v) is 10.5. The molecule has 17 heavy (non-hydrogen) atoms. The molecular formula is C12H19NO4. The molecule has 96 valence electrons. The van der Waals surface area contributed by atoms with Crippen molar-refractivity contribution >= 4 is 17.8 Å². The molecule has 0 aromatic rings. The van der Waals surface area contributed by atoms with Crippen molar-refractivity contribution in [3.63, 3.8) is 0 Å². The average Bonchev–Trinajstić information content (AvgIpc) is 2.15. The molecule has 1 aliphatic rings. The lowest BCUT2D eigenvalue weighted by Gasteiger charge is -2.39. The predicted molar refractivity (Wildman–Crippen MR) is 61.2 cm³/mol. The van der Waals surface area contributed by atoms with Crippen LogP contribution in [-0.4, -0.2) is 33.3 Å². The van der Waals surface area contributed by atoms with Crippen LogP contribution in [0.15, 0.2) is 0 Å². The minimum atomic E-state index is -1.40. The Balaban J connectivity index is 3.06. The number of likely N-dealkylation sites (tertiary alicyclic amines) is 1. The molecule has 1 N–H and O–H groups in total. The highest BCUT2D eigenvalue weighted by molar-refractivity contribution is 6.02. The number of carbonyl (C=O) groups excluding carboxylic acids is 2. The van der Waals surface area contributed by atoms with Crippen molar-refractivity contribution in [3.8, 4) is 0 Å². The number of carboxylic acid groups (broad SMARTS) is 1. The van der Waals surface area contributed by atoms with Gasteiger partial charge in [0.1, 0.15) is 5.54 Å². The van der Waals surface area contributed by atoms with E-state index < -0.39 is 11.5 Å². The normalized spacial score (nSPS) is 21.5. The van der Waals surface area contributed by atoms with E-state index in [1.165, 1.54) is 6.92 Å². The molecule has 5 nitrogen and oxygen atoms in total. The van der Waals surface area contributed by atoms with Crippen molar-refractivity contribution in [1.29, 1.82) is 0 Å². The fourth-order valence-corrected chi connectivity index (χ4v) is 2.34. The van der Waals surface area contributed by atoms with E-state index in [0.29, 0.717) is 6.42 Å². The van der Waals surface area contributed by atoms with Gasteiger partial charge in [-0.15, -0.1) is 0 Å². The zero-order valence-electron chi connectivity index (χ0n) is 10.5. The van der Waals surface area contributed by atoms with Crippen LogP contribution in [0.25, 0.3) is 0 Å². The van der Waals surface area contributed by atoms with Gasteiger partial charge in [0.25, 0.3) is 0 Å². The Morgan fingerprint density at radius 3 is 2.24 bits per heavy atom. The van der Waals surface area contributed by atoms with E-state index in [1.54, 1.807) is 0 Å². The molecule has 2 amide bonds. The van der Waals surface area contributed by atoms with Crippen LogP contribution in [0.5, 0.6) is 0 Å². The van der Waals surface area contributed by atoms with Gasteiger partial charge in [0.05, 0.1) is 0 Å². The third-order valence-corrected chi connectivity index (χ3v) is 3.24. The molecule has 0 bridgehead atoms. The van der Waals surface area contributed by atoms with Crippen molar-refractivity contribution in [3.05, 3.63) is 0 Å². The van der Waals surface area contributed by atoms with Gasteiger partial charge in [-0.1, -0.05) is 20.3 Å². The predicted octanol–water partition coefficient (Wildman–Crippen LogP) is 1.41. The quantitative estimate of drug-likeness (QED) is 0.755. The SMILES string of the molecule is CCCC(C)(C(=O)O)N1C(=O)CC(C)CC1=O. The highest BCUT2D eigenvalue weighted by Crippen LogP contribution is 2.29. The van der Waals surface area contributed by atoms with Gasteiger partial charge in [0.15, 0.2) is 0 Å². The molecule has 1 heterocycles. The van der Waals surface area contributed by atoms with Gasteiger partial charge < -0.3 is 5.11 Å². The number of imide groups is 1. The van der Waals surface area contributed by atoms with Crippen LogP contribution in [0, 0.1) is 5.92 Å². The molecule has 1 fully saturated rings. The first-order valence-electron chi connectivity index (χ1n) is 5.92. The zero-order chi connectivity index (χ0) is 13.2. The Morgan fingerprint density at radius 1 is 1.41 bits per heavy atom. The second-order valence-corrected chi connectivity index (χ2v) is 4.97. The van der Waals surface area contributed by atoms with Crippen molar-refractivity contribution < 1.29 is 19.5 Å². The number of hydrogen-bond acceptors (Lipinski definition) is 3. The first-order valence-corrected chi connectivity index (χ1v) is 5.92. The van der Waals surface area contributed by atoms with Crippen LogP contribution in [0.3, 0.4) is 0 Å². The molecule has 1 unspecified atom stereocenters. The molecule has 0 saturated carbocycles. The topological polar surface area (TPSA) is 74.7 Å². The van der Waals surface area contributed by atoms with E-state index in [-0.39, 0.29) is 37.0 Å². The number of rotatable bonds is 4. The summed E-state index contributed by atoms with van der Waals surface area (Å²) in [6.07, 6.45) is 1.39. The highest BCUT2D eigenvalue weighted by atomic mass is 16.4. The van der Waals surface area contributed by atoms with Crippen molar-refractivity contribution in [2.24, 2.45) is 5.92 Å². The Bertz CT molecular complexity index is 334. The maximum absolute atomic E-state index is 11.9. The minimum Gasteiger partial charge on any atom is -0.479 e. The van der Waals surface area contributed by atoms with E-state index >= 15 is 0 Å². The van der Waals surface area contributed by atoms with E-state index in [2.05, 4.69) is 0 Å². The number of nitrogens with zero attached hydrogens (tertiary/aromatic N) is 1. The van der Waals surface area contributed by atoms with Crippen LogP contribution in [0.2, 0.25) is 0 Å². The van der Waals surface area contributed by atoms with Crippen LogP contribution >= 0.6 is 0 Å². The molecule has 0 aliphatic carbocycles. The summed E-state index contributed by atoms with van der Waals surface area (Å²) in [5, 5.41) is 9.27.